The number of rotatable bonds is 10. The van der Waals surface area contributed by atoms with Crippen molar-refractivity contribution >= 4 is 17.3 Å². The number of benzene rings is 2. The minimum atomic E-state index is -2.94. The van der Waals surface area contributed by atoms with E-state index in [9.17, 15) is 13.6 Å². The van der Waals surface area contributed by atoms with Crippen LogP contribution in [0, 0.1) is 0 Å². The summed E-state index contributed by atoms with van der Waals surface area (Å²) in [5.41, 5.74) is 0.834. The highest BCUT2D eigenvalue weighted by Gasteiger charge is 2.11. The molecule has 2 aromatic rings. The molecule has 0 bridgehead atoms. The molecule has 0 aliphatic carbocycles. The van der Waals surface area contributed by atoms with Gasteiger partial charge < -0.3 is 24.8 Å². The van der Waals surface area contributed by atoms with Gasteiger partial charge in [0.25, 0.3) is 0 Å². The van der Waals surface area contributed by atoms with E-state index in [1.807, 2.05) is 13.8 Å². The van der Waals surface area contributed by atoms with Crippen LogP contribution in [0.3, 0.4) is 0 Å². The van der Waals surface area contributed by atoms with Crippen LogP contribution in [-0.2, 0) is 4.79 Å². The number of para-hydroxylation sites is 2. The van der Waals surface area contributed by atoms with E-state index in [4.69, 9.17) is 9.47 Å². The molecular formula is C19H22F2N2O4. The Kier molecular flexibility index (Phi) is 7.66. The standard InChI is InChI=1S/C19H22F2N2O4/c1-3-25-16-10-9-13(11-17(16)26-4-2)23-18(24)12-22-14-7-5-6-8-15(14)27-19(20)21/h5-11,19,22H,3-4,12H2,1-2H3,(H,23,24). The Hall–Kier alpha value is -3.03. The number of hydrogen-bond acceptors (Lipinski definition) is 5. The summed E-state index contributed by atoms with van der Waals surface area (Å²) in [5.74, 6) is 0.739. The lowest BCUT2D eigenvalue weighted by molar-refractivity contribution is -0.114. The number of alkyl halides is 2. The van der Waals surface area contributed by atoms with Gasteiger partial charge in [0, 0.05) is 11.8 Å². The average molecular weight is 380 g/mol. The van der Waals surface area contributed by atoms with E-state index in [0.29, 0.717) is 36.1 Å². The summed E-state index contributed by atoms with van der Waals surface area (Å²) in [7, 11) is 0. The molecule has 2 N–H and O–H groups in total. The van der Waals surface area contributed by atoms with Crippen LogP contribution < -0.4 is 24.8 Å². The fraction of sp³-hybridized carbons (Fsp3) is 0.316. The van der Waals surface area contributed by atoms with Gasteiger partial charge in [-0.3, -0.25) is 4.79 Å². The Balaban J connectivity index is 1.99. The van der Waals surface area contributed by atoms with Gasteiger partial charge in [0.05, 0.1) is 25.4 Å². The van der Waals surface area contributed by atoms with Crippen molar-refractivity contribution in [2.75, 3.05) is 30.4 Å². The smallest absolute Gasteiger partial charge is 0.387 e. The molecule has 0 unspecified atom stereocenters. The van der Waals surface area contributed by atoms with Crippen molar-refractivity contribution in [3.8, 4) is 17.2 Å². The van der Waals surface area contributed by atoms with Crippen LogP contribution in [0.4, 0.5) is 20.2 Å². The van der Waals surface area contributed by atoms with E-state index >= 15 is 0 Å². The Morgan fingerprint density at radius 1 is 1.00 bits per heavy atom. The van der Waals surface area contributed by atoms with Crippen molar-refractivity contribution in [2.24, 2.45) is 0 Å². The van der Waals surface area contributed by atoms with Crippen molar-refractivity contribution < 1.29 is 27.8 Å². The quantitative estimate of drug-likeness (QED) is 0.649. The molecule has 6 nitrogen and oxygen atoms in total. The lowest BCUT2D eigenvalue weighted by Crippen LogP contribution is -2.22. The van der Waals surface area contributed by atoms with Gasteiger partial charge >= 0.3 is 6.61 Å². The first-order valence-corrected chi connectivity index (χ1v) is 8.50. The van der Waals surface area contributed by atoms with Crippen molar-refractivity contribution in [1.82, 2.24) is 0 Å². The number of carbonyl (C=O) groups is 1. The number of amides is 1. The van der Waals surface area contributed by atoms with Gasteiger partial charge in [0.2, 0.25) is 5.91 Å². The van der Waals surface area contributed by atoms with E-state index in [1.165, 1.54) is 6.07 Å². The lowest BCUT2D eigenvalue weighted by Gasteiger charge is -2.14. The van der Waals surface area contributed by atoms with Crippen molar-refractivity contribution in [2.45, 2.75) is 20.5 Å². The SMILES string of the molecule is CCOc1ccc(NC(=O)CNc2ccccc2OC(F)F)cc1OCC. The Labute approximate surface area is 156 Å². The fourth-order valence-electron chi connectivity index (χ4n) is 2.32. The largest absolute Gasteiger partial charge is 0.490 e. The molecule has 0 aromatic heterocycles. The summed E-state index contributed by atoms with van der Waals surface area (Å²) < 4.78 is 40.3. The Morgan fingerprint density at radius 2 is 1.70 bits per heavy atom. The third-order valence-electron chi connectivity index (χ3n) is 3.37. The molecule has 0 aliphatic rings. The van der Waals surface area contributed by atoms with Gasteiger partial charge in [-0.05, 0) is 38.1 Å². The Morgan fingerprint density at radius 3 is 2.41 bits per heavy atom. The van der Waals surface area contributed by atoms with Crippen LogP contribution >= 0.6 is 0 Å². The molecule has 8 heteroatoms. The van der Waals surface area contributed by atoms with E-state index in [1.54, 1.807) is 36.4 Å². The molecule has 0 spiro atoms. The van der Waals surface area contributed by atoms with E-state index in [0.717, 1.165) is 0 Å². The number of ether oxygens (including phenoxy) is 3. The van der Waals surface area contributed by atoms with Crippen molar-refractivity contribution in [3.63, 3.8) is 0 Å². The molecule has 1 amide bonds. The third-order valence-corrected chi connectivity index (χ3v) is 3.37. The minimum absolute atomic E-state index is 0.0278. The molecule has 27 heavy (non-hydrogen) atoms. The normalized spacial score (nSPS) is 10.4. The fourth-order valence-corrected chi connectivity index (χ4v) is 2.32. The van der Waals surface area contributed by atoms with Gasteiger partial charge in [-0.1, -0.05) is 12.1 Å². The van der Waals surface area contributed by atoms with Crippen LogP contribution in [0.15, 0.2) is 42.5 Å². The summed E-state index contributed by atoms with van der Waals surface area (Å²) in [4.78, 5) is 12.2. The molecule has 0 radical (unpaired) electrons. The van der Waals surface area contributed by atoms with Crippen LogP contribution in [-0.4, -0.2) is 32.3 Å². The first-order valence-electron chi connectivity index (χ1n) is 8.50. The van der Waals surface area contributed by atoms with Crippen LogP contribution in [0.5, 0.6) is 17.2 Å². The monoisotopic (exact) mass is 380 g/mol. The average Bonchev–Trinajstić information content (AvgIpc) is 2.63. The lowest BCUT2D eigenvalue weighted by atomic mass is 10.2. The Bertz CT molecular complexity index is 756. The maximum atomic E-state index is 12.4. The van der Waals surface area contributed by atoms with E-state index in [-0.39, 0.29) is 18.2 Å². The predicted octanol–water partition coefficient (Wildman–Crippen LogP) is 4.14. The van der Waals surface area contributed by atoms with Gasteiger partial charge in [-0.2, -0.15) is 8.78 Å². The maximum Gasteiger partial charge on any atom is 0.387 e. The third kappa shape index (κ3) is 6.32. The van der Waals surface area contributed by atoms with E-state index in [2.05, 4.69) is 15.4 Å². The molecular weight excluding hydrogens is 358 g/mol. The number of anilines is 2. The number of hydrogen-bond donors (Lipinski definition) is 2. The van der Waals surface area contributed by atoms with Gasteiger partial charge in [-0.25, -0.2) is 0 Å². The van der Waals surface area contributed by atoms with Crippen molar-refractivity contribution in [3.05, 3.63) is 42.5 Å². The summed E-state index contributed by atoms with van der Waals surface area (Å²) in [6, 6.07) is 11.2. The molecule has 0 heterocycles. The molecule has 0 saturated carbocycles. The highest BCUT2D eigenvalue weighted by molar-refractivity contribution is 5.94. The van der Waals surface area contributed by atoms with Crippen molar-refractivity contribution in [1.29, 1.82) is 0 Å². The zero-order chi connectivity index (χ0) is 19.6. The molecule has 0 aliphatic heterocycles. The molecule has 146 valence electrons. The van der Waals surface area contributed by atoms with E-state index < -0.39 is 6.61 Å². The molecule has 0 fully saturated rings. The van der Waals surface area contributed by atoms with Crippen LogP contribution in [0.25, 0.3) is 0 Å². The summed E-state index contributed by atoms with van der Waals surface area (Å²) >= 11 is 0. The van der Waals surface area contributed by atoms with Gasteiger partial charge in [-0.15, -0.1) is 0 Å². The number of carbonyl (C=O) groups excluding carboxylic acids is 1. The molecule has 2 aromatic carbocycles. The second-order valence-corrected chi connectivity index (χ2v) is 5.30. The highest BCUT2D eigenvalue weighted by atomic mass is 19.3. The number of nitrogens with one attached hydrogen (secondary N) is 2. The maximum absolute atomic E-state index is 12.4. The van der Waals surface area contributed by atoms with Crippen LogP contribution in [0.2, 0.25) is 0 Å². The second kappa shape index (κ2) is 10.2. The topological polar surface area (TPSA) is 68.8 Å². The highest BCUT2D eigenvalue weighted by Crippen LogP contribution is 2.30. The van der Waals surface area contributed by atoms with Gasteiger partial charge in [0.15, 0.2) is 11.5 Å². The first-order chi connectivity index (χ1) is 13.0. The number of halogens is 2. The van der Waals surface area contributed by atoms with Gasteiger partial charge in [0.1, 0.15) is 5.75 Å². The summed E-state index contributed by atoms with van der Waals surface area (Å²) in [5, 5.41) is 5.50. The van der Waals surface area contributed by atoms with Crippen LogP contribution in [0.1, 0.15) is 13.8 Å². The summed E-state index contributed by atoms with van der Waals surface area (Å²) in [6.45, 7) is 1.61. The minimum Gasteiger partial charge on any atom is -0.490 e. The molecule has 2 rings (SSSR count). The summed E-state index contributed by atoms with van der Waals surface area (Å²) in [6.07, 6.45) is 0. The zero-order valence-electron chi connectivity index (χ0n) is 15.1. The second-order valence-electron chi connectivity index (χ2n) is 5.30. The molecule has 0 atom stereocenters. The zero-order valence-corrected chi connectivity index (χ0v) is 15.1. The molecule has 0 saturated heterocycles. The first kappa shape index (κ1) is 20.3. The predicted molar refractivity (Wildman–Crippen MR) is 99.0 cm³/mol.